The second kappa shape index (κ2) is 10.1. The van der Waals surface area contributed by atoms with Crippen molar-refractivity contribution >= 4 is 16.9 Å². The van der Waals surface area contributed by atoms with Crippen LogP contribution in [0.3, 0.4) is 0 Å². The summed E-state index contributed by atoms with van der Waals surface area (Å²) in [5, 5.41) is 3.69. The number of aryl methyl sites for hydroxylation is 3. The molecule has 0 aliphatic carbocycles. The Morgan fingerprint density at radius 3 is 2.58 bits per heavy atom. The normalized spacial score (nSPS) is 15.5. The molecular weight excluding hydrogens is 412 g/mol. The SMILES string of the molecule is Cc1nc(CCc2nc3ccccc3[nH]2)cc(N[C@@H](CN2CCOCC2)c2ccccc2)n1. The molecule has 7 nitrogen and oxygen atoms in total. The summed E-state index contributed by atoms with van der Waals surface area (Å²) in [4.78, 5) is 19.9. The van der Waals surface area contributed by atoms with E-state index in [2.05, 4.69) is 62.6 Å². The summed E-state index contributed by atoms with van der Waals surface area (Å²) in [6.07, 6.45) is 1.61. The van der Waals surface area contributed by atoms with Crippen LogP contribution in [0.5, 0.6) is 0 Å². The van der Waals surface area contributed by atoms with Gasteiger partial charge >= 0.3 is 0 Å². The average molecular weight is 443 g/mol. The number of hydrogen-bond acceptors (Lipinski definition) is 6. The van der Waals surface area contributed by atoms with Gasteiger partial charge in [-0.15, -0.1) is 0 Å². The predicted molar refractivity (Wildman–Crippen MR) is 130 cm³/mol. The summed E-state index contributed by atoms with van der Waals surface area (Å²) >= 11 is 0. The zero-order chi connectivity index (χ0) is 22.5. The van der Waals surface area contributed by atoms with Crippen LogP contribution >= 0.6 is 0 Å². The fraction of sp³-hybridized carbons (Fsp3) is 0.346. The number of aromatic nitrogens is 4. The highest BCUT2D eigenvalue weighted by Crippen LogP contribution is 2.21. The molecule has 2 aromatic heterocycles. The number of anilines is 1. The largest absolute Gasteiger partial charge is 0.379 e. The van der Waals surface area contributed by atoms with Crippen molar-refractivity contribution in [1.29, 1.82) is 0 Å². The quantitative estimate of drug-likeness (QED) is 0.430. The number of fused-ring (bicyclic) bond motifs is 1. The minimum atomic E-state index is 0.141. The summed E-state index contributed by atoms with van der Waals surface area (Å²) in [6, 6.07) is 20.9. The van der Waals surface area contributed by atoms with Crippen LogP contribution in [-0.4, -0.2) is 57.7 Å². The first kappa shape index (κ1) is 21.6. The van der Waals surface area contributed by atoms with Crippen LogP contribution in [-0.2, 0) is 17.6 Å². The molecule has 0 bridgehead atoms. The molecule has 2 aromatic carbocycles. The van der Waals surface area contributed by atoms with Crippen LogP contribution in [0.1, 0.15) is 28.9 Å². The van der Waals surface area contributed by atoms with Crippen molar-refractivity contribution < 1.29 is 4.74 Å². The Kier molecular flexibility index (Phi) is 6.60. The van der Waals surface area contributed by atoms with E-state index >= 15 is 0 Å². The van der Waals surface area contributed by atoms with Gasteiger partial charge < -0.3 is 15.0 Å². The molecule has 1 aliphatic heterocycles. The molecule has 170 valence electrons. The minimum Gasteiger partial charge on any atom is -0.379 e. The number of para-hydroxylation sites is 2. The zero-order valence-electron chi connectivity index (χ0n) is 19.0. The van der Waals surface area contributed by atoms with Gasteiger partial charge in [-0.2, -0.15) is 0 Å². The van der Waals surface area contributed by atoms with E-state index in [1.807, 2.05) is 25.1 Å². The summed E-state index contributed by atoms with van der Waals surface area (Å²) in [7, 11) is 0. The van der Waals surface area contributed by atoms with Crippen molar-refractivity contribution in [2.45, 2.75) is 25.8 Å². The first-order valence-electron chi connectivity index (χ1n) is 11.6. The lowest BCUT2D eigenvalue weighted by Gasteiger charge is -2.31. The smallest absolute Gasteiger partial charge is 0.130 e. The van der Waals surface area contributed by atoms with Crippen LogP contribution < -0.4 is 5.32 Å². The molecule has 7 heteroatoms. The van der Waals surface area contributed by atoms with Crippen molar-refractivity contribution in [1.82, 2.24) is 24.8 Å². The molecule has 0 radical (unpaired) electrons. The van der Waals surface area contributed by atoms with Gasteiger partial charge in [0.15, 0.2) is 0 Å². The van der Waals surface area contributed by atoms with Gasteiger partial charge in [0.05, 0.1) is 30.3 Å². The van der Waals surface area contributed by atoms with Crippen molar-refractivity contribution in [3.8, 4) is 0 Å². The summed E-state index contributed by atoms with van der Waals surface area (Å²) < 4.78 is 5.53. The third-order valence-corrected chi connectivity index (χ3v) is 6.02. The summed E-state index contributed by atoms with van der Waals surface area (Å²) in [6.45, 7) is 6.35. The standard InChI is InChI=1S/C26H30N6O/c1-19-27-21(11-12-25-29-22-9-5-6-10-23(22)30-25)17-26(28-19)31-24(20-7-3-2-4-8-20)18-32-13-15-33-16-14-32/h2-10,17,24H,11-16,18H2,1H3,(H,29,30)(H,27,28,31)/t24-/m0/s1. The minimum absolute atomic E-state index is 0.141. The number of imidazole rings is 1. The molecule has 0 saturated carbocycles. The second-order valence-corrected chi connectivity index (χ2v) is 8.51. The lowest BCUT2D eigenvalue weighted by molar-refractivity contribution is 0.0360. The number of aromatic amines is 1. The predicted octanol–water partition coefficient (Wildman–Crippen LogP) is 3.93. The maximum absolute atomic E-state index is 5.53. The summed E-state index contributed by atoms with van der Waals surface area (Å²) in [5.41, 5.74) is 4.35. The number of H-pyrrole nitrogens is 1. The fourth-order valence-electron chi connectivity index (χ4n) is 4.34. The Morgan fingerprint density at radius 2 is 1.76 bits per heavy atom. The molecular formula is C26H30N6O. The van der Waals surface area contributed by atoms with Crippen molar-refractivity contribution in [2.75, 3.05) is 38.2 Å². The van der Waals surface area contributed by atoms with Gasteiger partial charge in [-0.1, -0.05) is 42.5 Å². The van der Waals surface area contributed by atoms with E-state index in [0.29, 0.717) is 0 Å². The van der Waals surface area contributed by atoms with Gasteiger partial charge in [-0.05, 0) is 31.0 Å². The summed E-state index contributed by atoms with van der Waals surface area (Å²) in [5.74, 6) is 2.62. The van der Waals surface area contributed by atoms with E-state index in [1.54, 1.807) is 0 Å². The average Bonchev–Trinajstić information content (AvgIpc) is 3.26. The number of ether oxygens (including phenoxy) is 1. The Bertz CT molecular complexity index is 1150. The zero-order valence-corrected chi connectivity index (χ0v) is 19.0. The lowest BCUT2D eigenvalue weighted by Crippen LogP contribution is -2.40. The third-order valence-electron chi connectivity index (χ3n) is 6.02. The molecule has 0 spiro atoms. The van der Waals surface area contributed by atoms with Crippen molar-refractivity contribution in [2.24, 2.45) is 0 Å². The Morgan fingerprint density at radius 1 is 0.970 bits per heavy atom. The van der Waals surface area contributed by atoms with Gasteiger partial charge in [0.25, 0.3) is 0 Å². The van der Waals surface area contributed by atoms with Crippen LogP contribution in [0.15, 0.2) is 60.7 Å². The molecule has 0 amide bonds. The highest BCUT2D eigenvalue weighted by atomic mass is 16.5. The van der Waals surface area contributed by atoms with E-state index in [-0.39, 0.29) is 6.04 Å². The first-order valence-corrected chi connectivity index (χ1v) is 11.6. The molecule has 0 unspecified atom stereocenters. The van der Waals surface area contributed by atoms with Gasteiger partial charge in [0, 0.05) is 37.8 Å². The van der Waals surface area contributed by atoms with Crippen LogP contribution in [0.4, 0.5) is 5.82 Å². The number of nitrogens with zero attached hydrogens (tertiary/aromatic N) is 4. The lowest BCUT2D eigenvalue weighted by atomic mass is 10.1. The monoisotopic (exact) mass is 442 g/mol. The Balaban J connectivity index is 1.31. The van der Waals surface area contributed by atoms with Gasteiger partial charge in [0.1, 0.15) is 17.5 Å². The molecule has 1 aliphatic rings. The molecule has 33 heavy (non-hydrogen) atoms. The van der Waals surface area contributed by atoms with E-state index in [1.165, 1.54) is 5.56 Å². The molecule has 2 N–H and O–H groups in total. The number of rotatable bonds is 8. The number of hydrogen-bond donors (Lipinski definition) is 2. The van der Waals surface area contributed by atoms with E-state index < -0.39 is 0 Å². The third kappa shape index (κ3) is 5.56. The fourth-order valence-corrected chi connectivity index (χ4v) is 4.34. The number of benzene rings is 2. The van der Waals surface area contributed by atoms with E-state index in [0.717, 1.165) is 79.9 Å². The van der Waals surface area contributed by atoms with Gasteiger partial charge in [-0.3, -0.25) is 4.90 Å². The molecule has 1 fully saturated rings. The van der Waals surface area contributed by atoms with Crippen molar-refractivity contribution in [3.05, 3.63) is 83.6 Å². The van der Waals surface area contributed by atoms with E-state index in [4.69, 9.17) is 14.7 Å². The molecule has 5 rings (SSSR count). The maximum atomic E-state index is 5.53. The first-order chi connectivity index (χ1) is 16.2. The Labute approximate surface area is 194 Å². The molecule has 4 aromatic rings. The van der Waals surface area contributed by atoms with Crippen LogP contribution in [0.25, 0.3) is 11.0 Å². The van der Waals surface area contributed by atoms with Crippen molar-refractivity contribution in [3.63, 3.8) is 0 Å². The number of morpholine rings is 1. The van der Waals surface area contributed by atoms with E-state index in [9.17, 15) is 0 Å². The highest BCUT2D eigenvalue weighted by Gasteiger charge is 2.19. The highest BCUT2D eigenvalue weighted by molar-refractivity contribution is 5.74. The molecule has 1 saturated heterocycles. The second-order valence-electron chi connectivity index (χ2n) is 8.51. The van der Waals surface area contributed by atoms with Crippen LogP contribution in [0.2, 0.25) is 0 Å². The topological polar surface area (TPSA) is 79.0 Å². The number of nitrogens with one attached hydrogen (secondary N) is 2. The van der Waals surface area contributed by atoms with Crippen LogP contribution in [0, 0.1) is 6.92 Å². The molecule has 1 atom stereocenters. The maximum Gasteiger partial charge on any atom is 0.130 e. The Hall–Kier alpha value is -3.29. The molecule has 3 heterocycles. The van der Waals surface area contributed by atoms with Gasteiger partial charge in [-0.25, -0.2) is 15.0 Å². The van der Waals surface area contributed by atoms with Gasteiger partial charge in [0.2, 0.25) is 0 Å².